The zero-order chi connectivity index (χ0) is 25.1. The molecule has 0 spiro atoms. The zero-order valence-corrected chi connectivity index (χ0v) is 20.0. The van der Waals surface area contributed by atoms with E-state index in [4.69, 9.17) is 9.47 Å². The minimum absolute atomic E-state index is 0.112. The Morgan fingerprint density at radius 2 is 2.03 bits per heavy atom. The molecule has 3 N–H and O–H groups in total. The molecule has 2 aromatic rings. The topological polar surface area (TPSA) is 113 Å². The zero-order valence-electron chi connectivity index (χ0n) is 20.0. The van der Waals surface area contributed by atoms with Crippen LogP contribution in [0.25, 0.3) is 11.6 Å². The number of aromatic amines is 1. The quantitative estimate of drug-likeness (QED) is 0.522. The Kier molecular flexibility index (Phi) is 7.32. The standard InChI is InChI=1S/C25H29FN4O5/c1-14-20(13-18-17-12-16(26)4-5-19(17)29-23(18)31)28-15(2)22(14)24(32)27-7-6-21(34-3)25(33)30-8-10-35-11-9-30/h4-5,12-13,21,28H,6-11H2,1-3H3,(H,27,32)(H,29,31)/b18-13-/t21-/m0/s1. The SMILES string of the molecule is CO[C@@H](CCNC(=O)c1c(C)[nH]c(/C=C2\C(=O)Nc3ccc(F)cc32)c1C)C(=O)N1CCOCC1. The fraction of sp³-hybridized carbons (Fsp3) is 0.400. The summed E-state index contributed by atoms with van der Waals surface area (Å²) < 4.78 is 24.4. The van der Waals surface area contributed by atoms with Crippen LogP contribution < -0.4 is 10.6 Å². The highest BCUT2D eigenvalue weighted by Gasteiger charge is 2.27. The molecule has 1 atom stereocenters. The van der Waals surface area contributed by atoms with Gasteiger partial charge in [0.05, 0.1) is 24.4 Å². The van der Waals surface area contributed by atoms with Gasteiger partial charge < -0.3 is 30.0 Å². The number of ether oxygens (including phenoxy) is 2. The van der Waals surface area contributed by atoms with Crippen LogP contribution in [0.4, 0.5) is 10.1 Å². The first-order chi connectivity index (χ1) is 16.8. The molecule has 35 heavy (non-hydrogen) atoms. The number of anilines is 1. The number of carbonyl (C=O) groups excluding carboxylic acids is 3. The van der Waals surface area contributed by atoms with Crippen LogP contribution in [-0.4, -0.2) is 73.7 Å². The second-order valence-corrected chi connectivity index (χ2v) is 8.57. The number of aryl methyl sites for hydroxylation is 1. The van der Waals surface area contributed by atoms with Crippen LogP contribution in [0.1, 0.15) is 39.3 Å². The molecule has 9 nitrogen and oxygen atoms in total. The van der Waals surface area contributed by atoms with Crippen molar-refractivity contribution >= 4 is 35.1 Å². The van der Waals surface area contributed by atoms with Crippen molar-refractivity contribution in [1.29, 1.82) is 0 Å². The van der Waals surface area contributed by atoms with Crippen LogP contribution in [-0.2, 0) is 19.1 Å². The summed E-state index contributed by atoms with van der Waals surface area (Å²) in [5, 5.41) is 5.58. The van der Waals surface area contributed by atoms with Gasteiger partial charge >= 0.3 is 0 Å². The Labute approximate surface area is 202 Å². The van der Waals surface area contributed by atoms with Crippen molar-refractivity contribution in [1.82, 2.24) is 15.2 Å². The third-order valence-electron chi connectivity index (χ3n) is 6.33. The first-order valence-corrected chi connectivity index (χ1v) is 11.5. The number of rotatable bonds is 7. The second-order valence-electron chi connectivity index (χ2n) is 8.57. The highest BCUT2D eigenvalue weighted by molar-refractivity contribution is 6.34. The molecule has 0 aliphatic carbocycles. The Morgan fingerprint density at radius 1 is 1.29 bits per heavy atom. The number of hydrogen-bond acceptors (Lipinski definition) is 5. The number of nitrogens with zero attached hydrogens (tertiary/aromatic N) is 1. The number of H-pyrrole nitrogens is 1. The summed E-state index contributed by atoms with van der Waals surface area (Å²) >= 11 is 0. The van der Waals surface area contributed by atoms with E-state index in [-0.39, 0.29) is 24.3 Å². The van der Waals surface area contributed by atoms with E-state index in [0.29, 0.717) is 72.1 Å². The Hall–Kier alpha value is -3.50. The summed E-state index contributed by atoms with van der Waals surface area (Å²) in [4.78, 5) is 42.9. The first-order valence-electron chi connectivity index (χ1n) is 11.5. The van der Waals surface area contributed by atoms with Crippen molar-refractivity contribution in [3.8, 4) is 0 Å². The van der Waals surface area contributed by atoms with Gasteiger partial charge in [0.25, 0.3) is 17.7 Å². The van der Waals surface area contributed by atoms with Crippen LogP contribution in [0.3, 0.4) is 0 Å². The normalized spacial score (nSPS) is 17.3. The highest BCUT2D eigenvalue weighted by Crippen LogP contribution is 2.34. The molecule has 0 unspecified atom stereocenters. The maximum Gasteiger partial charge on any atom is 0.256 e. The lowest BCUT2D eigenvalue weighted by atomic mass is 10.0. The predicted octanol–water partition coefficient (Wildman–Crippen LogP) is 2.26. The first kappa shape index (κ1) is 24.6. The number of halogens is 1. The third-order valence-corrected chi connectivity index (χ3v) is 6.33. The van der Waals surface area contributed by atoms with Gasteiger partial charge in [-0.2, -0.15) is 0 Å². The molecule has 1 aromatic heterocycles. The number of hydrogen-bond donors (Lipinski definition) is 3. The molecule has 0 bridgehead atoms. The third kappa shape index (κ3) is 5.13. The lowest BCUT2D eigenvalue weighted by molar-refractivity contribution is -0.146. The van der Waals surface area contributed by atoms with Gasteiger partial charge in [-0.15, -0.1) is 0 Å². The fourth-order valence-electron chi connectivity index (χ4n) is 4.44. The van der Waals surface area contributed by atoms with E-state index in [0.717, 1.165) is 0 Å². The molecule has 2 aliphatic rings. The van der Waals surface area contributed by atoms with Crippen LogP contribution in [0.5, 0.6) is 0 Å². The average Bonchev–Trinajstić information content (AvgIpc) is 3.31. The summed E-state index contributed by atoms with van der Waals surface area (Å²) in [5.74, 6) is -1.18. The molecule has 1 fully saturated rings. The monoisotopic (exact) mass is 484 g/mol. The van der Waals surface area contributed by atoms with Crippen molar-refractivity contribution in [3.05, 3.63) is 52.1 Å². The number of benzene rings is 1. The molecule has 3 amide bonds. The highest BCUT2D eigenvalue weighted by atomic mass is 19.1. The smallest absolute Gasteiger partial charge is 0.256 e. The van der Waals surface area contributed by atoms with Crippen molar-refractivity contribution in [3.63, 3.8) is 0 Å². The van der Waals surface area contributed by atoms with E-state index >= 15 is 0 Å². The summed E-state index contributed by atoms with van der Waals surface area (Å²) in [7, 11) is 1.48. The van der Waals surface area contributed by atoms with Crippen LogP contribution in [0.2, 0.25) is 0 Å². The van der Waals surface area contributed by atoms with E-state index in [2.05, 4.69) is 15.6 Å². The number of fused-ring (bicyclic) bond motifs is 1. The predicted molar refractivity (Wildman–Crippen MR) is 128 cm³/mol. The molecule has 1 aromatic carbocycles. The van der Waals surface area contributed by atoms with Gasteiger partial charge in [0.1, 0.15) is 11.9 Å². The number of morpholine rings is 1. The second kappa shape index (κ2) is 10.4. The number of amides is 3. The molecule has 2 aliphatic heterocycles. The number of nitrogens with one attached hydrogen (secondary N) is 3. The van der Waals surface area contributed by atoms with E-state index < -0.39 is 11.9 Å². The van der Waals surface area contributed by atoms with E-state index in [1.807, 2.05) is 0 Å². The van der Waals surface area contributed by atoms with Crippen LogP contribution in [0, 0.1) is 19.7 Å². The molecular formula is C25H29FN4O5. The summed E-state index contributed by atoms with van der Waals surface area (Å²) in [6.45, 7) is 5.87. The summed E-state index contributed by atoms with van der Waals surface area (Å²) in [6, 6.07) is 4.12. The lowest BCUT2D eigenvalue weighted by Gasteiger charge is -2.29. The number of aromatic nitrogens is 1. The van der Waals surface area contributed by atoms with Gasteiger partial charge in [0.15, 0.2) is 0 Å². The molecule has 10 heteroatoms. The van der Waals surface area contributed by atoms with Crippen LogP contribution in [0.15, 0.2) is 18.2 Å². The van der Waals surface area contributed by atoms with Gasteiger partial charge in [-0.25, -0.2) is 4.39 Å². The average molecular weight is 485 g/mol. The minimum Gasteiger partial charge on any atom is -0.378 e. The van der Waals surface area contributed by atoms with E-state index in [9.17, 15) is 18.8 Å². The van der Waals surface area contributed by atoms with E-state index in [1.54, 1.807) is 24.8 Å². The maximum atomic E-state index is 13.7. The molecule has 0 saturated carbocycles. The Morgan fingerprint density at radius 3 is 2.74 bits per heavy atom. The van der Waals surface area contributed by atoms with Gasteiger partial charge in [-0.3, -0.25) is 14.4 Å². The molecule has 3 heterocycles. The van der Waals surface area contributed by atoms with Crippen molar-refractivity contribution in [2.75, 3.05) is 45.3 Å². The van der Waals surface area contributed by atoms with Crippen molar-refractivity contribution in [2.24, 2.45) is 0 Å². The Bertz CT molecular complexity index is 1180. The molecule has 4 rings (SSSR count). The summed E-state index contributed by atoms with van der Waals surface area (Å²) in [5.41, 5.74) is 3.69. The fourth-order valence-corrected chi connectivity index (χ4v) is 4.44. The lowest BCUT2D eigenvalue weighted by Crippen LogP contribution is -2.47. The van der Waals surface area contributed by atoms with Gasteiger partial charge in [-0.05, 0) is 50.1 Å². The molecule has 0 radical (unpaired) electrons. The number of methoxy groups -OCH3 is 1. The minimum atomic E-state index is -0.650. The van der Waals surface area contributed by atoms with Crippen molar-refractivity contribution in [2.45, 2.75) is 26.4 Å². The van der Waals surface area contributed by atoms with E-state index in [1.165, 1.54) is 25.3 Å². The van der Waals surface area contributed by atoms with Crippen LogP contribution >= 0.6 is 0 Å². The molecular weight excluding hydrogens is 455 g/mol. The summed E-state index contributed by atoms with van der Waals surface area (Å²) in [6.07, 6.45) is 1.31. The van der Waals surface area contributed by atoms with Gasteiger partial charge in [-0.1, -0.05) is 0 Å². The number of carbonyl (C=O) groups is 3. The Balaban J connectivity index is 1.44. The van der Waals surface area contributed by atoms with Crippen molar-refractivity contribution < 1.29 is 28.2 Å². The maximum absolute atomic E-state index is 13.7. The largest absolute Gasteiger partial charge is 0.378 e. The molecule has 186 valence electrons. The molecule has 1 saturated heterocycles. The van der Waals surface area contributed by atoms with Gasteiger partial charge in [0.2, 0.25) is 0 Å². The van der Waals surface area contributed by atoms with Gasteiger partial charge in [0, 0.05) is 49.4 Å².